The molecule has 1 heterocycles. The van der Waals surface area contributed by atoms with Crippen LogP contribution in [0.5, 0.6) is 11.5 Å². The molecule has 0 saturated carbocycles. The SMILES string of the molecule is CCCc1cc2cc(OC)cc(OC)c2nc1NN. The van der Waals surface area contributed by atoms with Gasteiger partial charge in [-0.2, -0.15) is 0 Å². The molecule has 0 aliphatic heterocycles. The normalized spacial score (nSPS) is 10.5. The van der Waals surface area contributed by atoms with Crippen LogP contribution in [0.15, 0.2) is 18.2 Å². The van der Waals surface area contributed by atoms with Gasteiger partial charge in [0.2, 0.25) is 0 Å². The number of nitrogen functional groups attached to an aromatic ring is 1. The van der Waals surface area contributed by atoms with E-state index >= 15 is 0 Å². The van der Waals surface area contributed by atoms with Gasteiger partial charge in [-0.05, 0) is 24.1 Å². The molecule has 0 saturated heterocycles. The summed E-state index contributed by atoms with van der Waals surface area (Å²) in [5.41, 5.74) is 4.52. The van der Waals surface area contributed by atoms with Crippen LogP contribution in [0.2, 0.25) is 0 Å². The predicted octanol–water partition coefficient (Wildman–Crippen LogP) is 2.49. The summed E-state index contributed by atoms with van der Waals surface area (Å²) < 4.78 is 10.6. The molecule has 0 radical (unpaired) electrons. The number of hydrazine groups is 1. The number of fused-ring (bicyclic) bond motifs is 1. The topological polar surface area (TPSA) is 69.4 Å². The van der Waals surface area contributed by atoms with Gasteiger partial charge in [0.1, 0.15) is 22.8 Å². The van der Waals surface area contributed by atoms with E-state index in [1.807, 2.05) is 12.1 Å². The monoisotopic (exact) mass is 261 g/mol. The van der Waals surface area contributed by atoms with E-state index in [2.05, 4.69) is 23.4 Å². The van der Waals surface area contributed by atoms with Crippen LogP contribution >= 0.6 is 0 Å². The van der Waals surface area contributed by atoms with Crippen molar-refractivity contribution in [3.05, 3.63) is 23.8 Å². The van der Waals surface area contributed by atoms with Crippen molar-refractivity contribution in [1.82, 2.24) is 4.98 Å². The van der Waals surface area contributed by atoms with Crippen LogP contribution in [0.1, 0.15) is 18.9 Å². The molecular weight excluding hydrogens is 242 g/mol. The fourth-order valence-electron chi connectivity index (χ4n) is 2.13. The molecular formula is C14H19N3O2. The number of nitrogens with two attached hydrogens (primary N) is 1. The summed E-state index contributed by atoms with van der Waals surface area (Å²) in [6.07, 6.45) is 1.95. The Bertz CT molecular complexity index is 584. The van der Waals surface area contributed by atoms with E-state index < -0.39 is 0 Å². The zero-order valence-corrected chi connectivity index (χ0v) is 11.5. The van der Waals surface area contributed by atoms with Crippen molar-refractivity contribution in [1.29, 1.82) is 0 Å². The zero-order chi connectivity index (χ0) is 13.8. The quantitative estimate of drug-likeness (QED) is 0.639. The molecule has 0 atom stereocenters. The fourth-order valence-corrected chi connectivity index (χ4v) is 2.13. The Hall–Kier alpha value is -2.01. The number of pyridine rings is 1. The highest BCUT2D eigenvalue weighted by Gasteiger charge is 2.11. The molecule has 102 valence electrons. The molecule has 0 aliphatic rings. The summed E-state index contributed by atoms with van der Waals surface area (Å²) in [4.78, 5) is 4.54. The van der Waals surface area contributed by atoms with E-state index in [-0.39, 0.29) is 0 Å². The smallest absolute Gasteiger partial charge is 0.148 e. The summed E-state index contributed by atoms with van der Waals surface area (Å²) in [6.45, 7) is 2.12. The van der Waals surface area contributed by atoms with Crippen LogP contribution < -0.4 is 20.7 Å². The maximum atomic E-state index is 5.54. The van der Waals surface area contributed by atoms with Gasteiger partial charge < -0.3 is 14.9 Å². The molecule has 1 aromatic heterocycles. The number of ether oxygens (including phenoxy) is 2. The lowest BCUT2D eigenvalue weighted by Gasteiger charge is -2.12. The van der Waals surface area contributed by atoms with E-state index in [1.165, 1.54) is 0 Å². The Morgan fingerprint density at radius 3 is 2.58 bits per heavy atom. The number of anilines is 1. The standard InChI is InChI=1S/C14H19N3O2/c1-4-5-9-6-10-7-11(18-2)8-12(19-3)13(10)16-14(9)17-15/h6-8H,4-5,15H2,1-3H3,(H,16,17). The lowest BCUT2D eigenvalue weighted by Crippen LogP contribution is -2.11. The van der Waals surface area contributed by atoms with Crippen molar-refractivity contribution < 1.29 is 9.47 Å². The van der Waals surface area contributed by atoms with Crippen LogP contribution in [0, 0.1) is 0 Å². The number of rotatable bonds is 5. The maximum Gasteiger partial charge on any atom is 0.148 e. The second kappa shape index (κ2) is 5.75. The molecule has 2 rings (SSSR count). The molecule has 1 aromatic carbocycles. The van der Waals surface area contributed by atoms with Crippen LogP contribution in [0.4, 0.5) is 5.82 Å². The van der Waals surface area contributed by atoms with Crippen LogP contribution in [0.3, 0.4) is 0 Å². The number of nitrogens with one attached hydrogen (secondary N) is 1. The van der Waals surface area contributed by atoms with Crippen molar-refractivity contribution in [2.75, 3.05) is 19.6 Å². The molecule has 2 aromatic rings. The summed E-state index contributed by atoms with van der Waals surface area (Å²) in [5.74, 6) is 7.66. The van der Waals surface area contributed by atoms with Gasteiger partial charge in [0, 0.05) is 11.5 Å². The molecule has 19 heavy (non-hydrogen) atoms. The molecule has 0 spiro atoms. The summed E-state index contributed by atoms with van der Waals surface area (Å²) >= 11 is 0. The molecule has 0 fully saturated rings. The number of hydrogen-bond donors (Lipinski definition) is 2. The third-order valence-electron chi connectivity index (χ3n) is 3.05. The average Bonchev–Trinajstić information content (AvgIpc) is 2.45. The minimum Gasteiger partial charge on any atom is -0.497 e. The van der Waals surface area contributed by atoms with Crippen LogP contribution in [0.25, 0.3) is 10.9 Å². The molecule has 0 aliphatic carbocycles. The van der Waals surface area contributed by atoms with E-state index in [0.717, 1.165) is 35.1 Å². The number of benzene rings is 1. The van der Waals surface area contributed by atoms with E-state index in [1.54, 1.807) is 14.2 Å². The van der Waals surface area contributed by atoms with Gasteiger partial charge in [-0.3, -0.25) is 0 Å². The molecule has 0 bridgehead atoms. The Kier molecular flexibility index (Phi) is 4.06. The highest BCUT2D eigenvalue weighted by molar-refractivity contribution is 5.88. The van der Waals surface area contributed by atoms with Crippen molar-refractivity contribution in [2.45, 2.75) is 19.8 Å². The molecule has 0 unspecified atom stereocenters. The van der Waals surface area contributed by atoms with Gasteiger partial charge in [-0.15, -0.1) is 0 Å². The number of aryl methyl sites for hydroxylation is 1. The molecule has 5 heteroatoms. The second-order valence-electron chi connectivity index (χ2n) is 4.29. The van der Waals surface area contributed by atoms with E-state index in [4.69, 9.17) is 15.3 Å². The van der Waals surface area contributed by atoms with E-state index in [0.29, 0.717) is 11.6 Å². The minimum absolute atomic E-state index is 0.675. The highest BCUT2D eigenvalue weighted by atomic mass is 16.5. The van der Waals surface area contributed by atoms with Gasteiger partial charge in [-0.1, -0.05) is 13.3 Å². The Morgan fingerprint density at radius 1 is 1.21 bits per heavy atom. The molecule has 0 amide bonds. The van der Waals surface area contributed by atoms with Gasteiger partial charge in [-0.25, -0.2) is 10.8 Å². The number of hydrogen-bond acceptors (Lipinski definition) is 5. The van der Waals surface area contributed by atoms with Crippen molar-refractivity contribution in [2.24, 2.45) is 5.84 Å². The predicted molar refractivity (Wildman–Crippen MR) is 76.7 cm³/mol. The first-order valence-corrected chi connectivity index (χ1v) is 6.25. The van der Waals surface area contributed by atoms with Crippen molar-refractivity contribution in [3.63, 3.8) is 0 Å². The number of aromatic nitrogens is 1. The van der Waals surface area contributed by atoms with Gasteiger partial charge in [0.05, 0.1) is 14.2 Å². The first-order valence-electron chi connectivity index (χ1n) is 6.25. The summed E-state index contributed by atoms with van der Waals surface area (Å²) in [7, 11) is 3.25. The average molecular weight is 261 g/mol. The van der Waals surface area contributed by atoms with Gasteiger partial charge >= 0.3 is 0 Å². The second-order valence-corrected chi connectivity index (χ2v) is 4.29. The first-order chi connectivity index (χ1) is 9.23. The Balaban J connectivity index is 2.68. The summed E-state index contributed by atoms with van der Waals surface area (Å²) in [5, 5.41) is 0.985. The lowest BCUT2D eigenvalue weighted by atomic mass is 10.1. The molecule has 3 N–H and O–H groups in total. The lowest BCUT2D eigenvalue weighted by molar-refractivity contribution is 0.397. The third-order valence-corrected chi connectivity index (χ3v) is 3.05. The minimum atomic E-state index is 0.675. The van der Waals surface area contributed by atoms with E-state index in [9.17, 15) is 0 Å². The van der Waals surface area contributed by atoms with Gasteiger partial charge in [0.25, 0.3) is 0 Å². The Labute approximate surface area is 112 Å². The van der Waals surface area contributed by atoms with Crippen LogP contribution in [-0.4, -0.2) is 19.2 Å². The number of nitrogens with zero attached hydrogens (tertiary/aromatic N) is 1. The third kappa shape index (κ3) is 2.56. The first kappa shape index (κ1) is 13.4. The summed E-state index contributed by atoms with van der Waals surface area (Å²) in [6, 6.07) is 5.84. The van der Waals surface area contributed by atoms with Crippen LogP contribution in [-0.2, 0) is 6.42 Å². The Morgan fingerprint density at radius 2 is 2.00 bits per heavy atom. The fraction of sp³-hybridized carbons (Fsp3) is 0.357. The number of methoxy groups -OCH3 is 2. The zero-order valence-electron chi connectivity index (χ0n) is 11.5. The largest absolute Gasteiger partial charge is 0.497 e. The van der Waals surface area contributed by atoms with Crippen molar-refractivity contribution >= 4 is 16.7 Å². The maximum absolute atomic E-state index is 5.54. The highest BCUT2D eigenvalue weighted by Crippen LogP contribution is 2.32. The van der Waals surface area contributed by atoms with Crippen molar-refractivity contribution in [3.8, 4) is 11.5 Å². The van der Waals surface area contributed by atoms with Gasteiger partial charge in [0.15, 0.2) is 0 Å². The molecule has 5 nitrogen and oxygen atoms in total.